The topological polar surface area (TPSA) is 78.9 Å². The largest absolute Gasteiger partial charge is 0.465 e. The quantitative estimate of drug-likeness (QED) is 0.817. The Kier molecular flexibility index (Phi) is 4.82. The molecule has 1 unspecified atom stereocenters. The Morgan fingerprint density at radius 2 is 2.11 bits per heavy atom. The smallest absolute Gasteiger partial charge is 0.405 e. The van der Waals surface area contributed by atoms with E-state index in [0.717, 1.165) is 11.1 Å². The van der Waals surface area contributed by atoms with Crippen LogP contribution in [0.4, 0.5) is 9.18 Å². The third kappa shape index (κ3) is 3.65. The van der Waals surface area contributed by atoms with Gasteiger partial charge in [0.2, 0.25) is 0 Å². The highest BCUT2D eigenvalue weighted by Crippen LogP contribution is 2.18. The molecule has 1 aromatic carbocycles. The Hall–Kier alpha value is -2.15. The second-order valence-corrected chi connectivity index (χ2v) is 3.90. The molecule has 0 radical (unpaired) electrons. The summed E-state index contributed by atoms with van der Waals surface area (Å²) < 4.78 is 13.8. The molecule has 1 aromatic rings. The van der Waals surface area contributed by atoms with Crippen molar-refractivity contribution in [2.24, 2.45) is 0 Å². The summed E-state index contributed by atoms with van der Waals surface area (Å²) in [6.07, 6.45) is -1.20. The SMILES string of the molecule is CON(C)C(=O)c1ccc(C(C)NC(=O)O)cc1F. The van der Waals surface area contributed by atoms with E-state index in [2.05, 4.69) is 10.2 Å². The van der Waals surface area contributed by atoms with Crippen molar-refractivity contribution in [3.63, 3.8) is 0 Å². The highest BCUT2D eigenvalue weighted by Gasteiger charge is 2.18. The zero-order chi connectivity index (χ0) is 14.6. The molecule has 1 rings (SSSR count). The van der Waals surface area contributed by atoms with Crippen molar-refractivity contribution in [2.75, 3.05) is 14.2 Å². The summed E-state index contributed by atoms with van der Waals surface area (Å²) in [5, 5.41) is 11.7. The predicted octanol–water partition coefficient (Wildman–Crippen LogP) is 1.79. The second kappa shape index (κ2) is 6.14. The lowest BCUT2D eigenvalue weighted by Crippen LogP contribution is -2.27. The van der Waals surface area contributed by atoms with Crippen molar-refractivity contribution >= 4 is 12.0 Å². The summed E-state index contributed by atoms with van der Waals surface area (Å²) in [6, 6.07) is 3.33. The van der Waals surface area contributed by atoms with Gasteiger partial charge in [-0.3, -0.25) is 9.63 Å². The standard InChI is InChI=1S/C12H15FN2O4/c1-7(14-12(17)18)8-4-5-9(10(13)6-8)11(16)15(2)19-3/h4-7,14H,1-3H3,(H,17,18). The van der Waals surface area contributed by atoms with E-state index in [1.807, 2.05) is 0 Å². The second-order valence-electron chi connectivity index (χ2n) is 3.90. The number of hydrogen-bond donors (Lipinski definition) is 2. The van der Waals surface area contributed by atoms with Crippen molar-refractivity contribution in [1.82, 2.24) is 10.4 Å². The van der Waals surface area contributed by atoms with Gasteiger partial charge < -0.3 is 10.4 Å². The van der Waals surface area contributed by atoms with Crippen LogP contribution < -0.4 is 5.32 Å². The number of carboxylic acid groups (broad SMARTS) is 1. The van der Waals surface area contributed by atoms with Gasteiger partial charge in [0.05, 0.1) is 18.7 Å². The van der Waals surface area contributed by atoms with Crippen LogP contribution in [0.5, 0.6) is 0 Å². The van der Waals surface area contributed by atoms with E-state index in [1.165, 1.54) is 26.3 Å². The molecule has 19 heavy (non-hydrogen) atoms. The minimum absolute atomic E-state index is 0.143. The summed E-state index contributed by atoms with van der Waals surface area (Å²) >= 11 is 0. The minimum Gasteiger partial charge on any atom is -0.465 e. The summed E-state index contributed by atoms with van der Waals surface area (Å²) in [5.41, 5.74) is 0.284. The van der Waals surface area contributed by atoms with Crippen LogP contribution in [0.1, 0.15) is 28.9 Å². The molecule has 0 fully saturated rings. The van der Waals surface area contributed by atoms with Gasteiger partial charge in [0, 0.05) is 7.05 Å². The van der Waals surface area contributed by atoms with Gasteiger partial charge in [0.15, 0.2) is 0 Å². The fourth-order valence-electron chi connectivity index (χ4n) is 1.50. The Balaban J connectivity index is 2.97. The van der Waals surface area contributed by atoms with E-state index >= 15 is 0 Å². The molecule has 0 heterocycles. The zero-order valence-electron chi connectivity index (χ0n) is 10.8. The number of amides is 2. The Morgan fingerprint density at radius 1 is 1.47 bits per heavy atom. The lowest BCUT2D eigenvalue weighted by molar-refractivity contribution is -0.0759. The molecule has 0 aliphatic rings. The average Bonchev–Trinajstić information content (AvgIpc) is 2.36. The number of rotatable bonds is 4. The van der Waals surface area contributed by atoms with Crippen molar-refractivity contribution in [3.8, 4) is 0 Å². The van der Waals surface area contributed by atoms with Crippen molar-refractivity contribution < 1.29 is 23.9 Å². The molecular weight excluding hydrogens is 255 g/mol. The van der Waals surface area contributed by atoms with Crippen LogP contribution in [0, 0.1) is 5.82 Å². The van der Waals surface area contributed by atoms with Gasteiger partial charge in [-0.1, -0.05) is 6.07 Å². The molecule has 0 aliphatic carbocycles. The van der Waals surface area contributed by atoms with Crippen LogP contribution >= 0.6 is 0 Å². The highest BCUT2D eigenvalue weighted by molar-refractivity contribution is 5.93. The van der Waals surface area contributed by atoms with E-state index < -0.39 is 23.9 Å². The van der Waals surface area contributed by atoms with Crippen LogP contribution in [-0.2, 0) is 4.84 Å². The van der Waals surface area contributed by atoms with Crippen LogP contribution in [0.3, 0.4) is 0 Å². The third-order valence-corrected chi connectivity index (χ3v) is 2.62. The molecular formula is C12H15FN2O4. The molecule has 0 bridgehead atoms. The molecule has 1 atom stereocenters. The molecule has 0 aromatic heterocycles. The number of nitrogens with one attached hydrogen (secondary N) is 1. The van der Waals surface area contributed by atoms with E-state index in [1.54, 1.807) is 6.92 Å². The molecule has 104 valence electrons. The number of nitrogens with zero attached hydrogens (tertiary/aromatic N) is 1. The predicted molar refractivity (Wildman–Crippen MR) is 65.1 cm³/mol. The van der Waals surface area contributed by atoms with E-state index in [-0.39, 0.29) is 5.56 Å². The van der Waals surface area contributed by atoms with Gasteiger partial charge in [0.1, 0.15) is 5.82 Å². The number of hydroxylamine groups is 2. The average molecular weight is 270 g/mol. The zero-order valence-corrected chi connectivity index (χ0v) is 10.8. The van der Waals surface area contributed by atoms with Crippen LogP contribution in [0.15, 0.2) is 18.2 Å². The van der Waals surface area contributed by atoms with Gasteiger partial charge in [-0.25, -0.2) is 14.2 Å². The molecule has 0 spiro atoms. The van der Waals surface area contributed by atoms with Crippen LogP contribution in [0.25, 0.3) is 0 Å². The maximum absolute atomic E-state index is 13.8. The van der Waals surface area contributed by atoms with Crippen LogP contribution in [-0.4, -0.2) is 36.3 Å². The monoisotopic (exact) mass is 270 g/mol. The first-order chi connectivity index (χ1) is 8.86. The van der Waals surface area contributed by atoms with E-state index in [4.69, 9.17) is 5.11 Å². The number of carbonyl (C=O) groups is 2. The Labute approximate surface area is 109 Å². The van der Waals surface area contributed by atoms with Gasteiger partial charge in [-0.2, -0.15) is 0 Å². The maximum atomic E-state index is 13.8. The van der Waals surface area contributed by atoms with Crippen molar-refractivity contribution in [2.45, 2.75) is 13.0 Å². The summed E-state index contributed by atoms with van der Waals surface area (Å²) in [7, 11) is 2.66. The van der Waals surface area contributed by atoms with Crippen LogP contribution in [0.2, 0.25) is 0 Å². The van der Waals surface area contributed by atoms with Gasteiger partial charge in [0.25, 0.3) is 5.91 Å². The minimum atomic E-state index is -1.20. The Morgan fingerprint density at radius 3 is 2.58 bits per heavy atom. The van der Waals surface area contributed by atoms with Gasteiger partial charge in [-0.15, -0.1) is 0 Å². The molecule has 2 amide bonds. The number of halogens is 1. The van der Waals surface area contributed by atoms with E-state index in [9.17, 15) is 14.0 Å². The summed E-state index contributed by atoms with van der Waals surface area (Å²) in [5.74, 6) is -1.35. The summed E-state index contributed by atoms with van der Waals surface area (Å²) in [6.45, 7) is 1.58. The van der Waals surface area contributed by atoms with Gasteiger partial charge >= 0.3 is 6.09 Å². The molecule has 2 N–H and O–H groups in total. The first-order valence-electron chi connectivity index (χ1n) is 5.48. The highest BCUT2D eigenvalue weighted by atomic mass is 19.1. The Bertz CT molecular complexity index is 493. The molecule has 6 nitrogen and oxygen atoms in total. The maximum Gasteiger partial charge on any atom is 0.405 e. The van der Waals surface area contributed by atoms with E-state index in [0.29, 0.717) is 5.56 Å². The fourth-order valence-corrected chi connectivity index (χ4v) is 1.50. The molecule has 0 aliphatic heterocycles. The molecule has 7 heteroatoms. The first kappa shape index (κ1) is 14.9. The van der Waals surface area contributed by atoms with Gasteiger partial charge in [-0.05, 0) is 24.6 Å². The normalized spacial score (nSPS) is 11.8. The first-order valence-corrected chi connectivity index (χ1v) is 5.48. The van der Waals surface area contributed by atoms with Crippen molar-refractivity contribution in [3.05, 3.63) is 35.1 Å². The van der Waals surface area contributed by atoms with Crippen molar-refractivity contribution in [1.29, 1.82) is 0 Å². The lowest BCUT2D eigenvalue weighted by atomic mass is 10.1. The third-order valence-electron chi connectivity index (χ3n) is 2.62. The lowest BCUT2D eigenvalue weighted by Gasteiger charge is -2.16. The number of carbonyl (C=O) groups excluding carboxylic acids is 1. The molecule has 0 saturated carbocycles. The summed E-state index contributed by atoms with van der Waals surface area (Å²) in [4.78, 5) is 26.9. The number of hydrogen-bond acceptors (Lipinski definition) is 3. The fraction of sp³-hybridized carbons (Fsp3) is 0.333. The molecule has 0 saturated heterocycles. The number of benzene rings is 1.